The van der Waals surface area contributed by atoms with Crippen LogP contribution in [0, 0.1) is 0 Å². The van der Waals surface area contributed by atoms with Gasteiger partial charge in [0.2, 0.25) is 0 Å². The Morgan fingerprint density at radius 1 is 1.10 bits per heavy atom. The number of hydrogen-bond acceptors (Lipinski definition) is 3. The second-order valence-electron chi connectivity index (χ2n) is 5.91. The first kappa shape index (κ1) is 15.3. The van der Waals surface area contributed by atoms with Crippen LogP contribution in [0.5, 0.6) is 5.75 Å². The molecule has 0 radical (unpaired) electrons. The average Bonchev–Trinajstić information content (AvgIpc) is 2.70. The fourth-order valence-corrected chi connectivity index (χ4v) is 3.00. The number of nitrogens with two attached hydrogens (primary N) is 1. The van der Waals surface area contributed by atoms with Crippen LogP contribution < -0.4 is 10.5 Å². The van der Waals surface area contributed by atoms with Crippen LogP contribution in [0.1, 0.15) is 51.1 Å². The zero-order valence-electron chi connectivity index (χ0n) is 12.8. The van der Waals surface area contributed by atoms with Gasteiger partial charge in [0.15, 0.2) is 0 Å². The number of ether oxygens (including phenoxy) is 1. The molecule has 1 heterocycles. The highest BCUT2D eigenvalue weighted by Crippen LogP contribution is 2.31. The van der Waals surface area contributed by atoms with Crippen molar-refractivity contribution in [3.63, 3.8) is 0 Å². The van der Waals surface area contributed by atoms with Crippen LogP contribution in [-0.2, 0) is 0 Å². The lowest BCUT2D eigenvalue weighted by Crippen LogP contribution is -2.35. The van der Waals surface area contributed by atoms with E-state index in [2.05, 4.69) is 36.9 Å². The van der Waals surface area contributed by atoms with Crippen molar-refractivity contribution in [2.45, 2.75) is 51.7 Å². The molecule has 2 N–H and O–H groups in total. The third-order valence-corrected chi connectivity index (χ3v) is 3.95. The molecule has 3 nitrogen and oxygen atoms in total. The van der Waals surface area contributed by atoms with E-state index in [4.69, 9.17) is 10.5 Å². The highest BCUT2D eigenvalue weighted by molar-refractivity contribution is 5.36. The van der Waals surface area contributed by atoms with E-state index < -0.39 is 0 Å². The molecule has 0 spiro atoms. The van der Waals surface area contributed by atoms with Crippen molar-refractivity contribution in [2.24, 2.45) is 5.73 Å². The monoisotopic (exact) mass is 276 g/mol. The van der Waals surface area contributed by atoms with Crippen LogP contribution >= 0.6 is 0 Å². The second-order valence-corrected chi connectivity index (χ2v) is 5.91. The molecule has 1 fully saturated rings. The van der Waals surface area contributed by atoms with Gasteiger partial charge in [-0.15, -0.1) is 0 Å². The molecule has 1 atom stereocenters. The van der Waals surface area contributed by atoms with Gasteiger partial charge in [-0.25, -0.2) is 0 Å². The van der Waals surface area contributed by atoms with E-state index >= 15 is 0 Å². The summed E-state index contributed by atoms with van der Waals surface area (Å²) in [5.41, 5.74) is 7.33. The Labute approximate surface area is 123 Å². The normalized spacial score (nSPS) is 18.8. The quantitative estimate of drug-likeness (QED) is 0.896. The highest BCUT2D eigenvalue weighted by Gasteiger charge is 2.23. The van der Waals surface area contributed by atoms with Crippen LogP contribution in [0.4, 0.5) is 0 Å². The largest absolute Gasteiger partial charge is 0.491 e. The van der Waals surface area contributed by atoms with Gasteiger partial charge in [-0.05, 0) is 45.8 Å². The molecule has 20 heavy (non-hydrogen) atoms. The summed E-state index contributed by atoms with van der Waals surface area (Å²) in [6.07, 6.45) is 5.45. The second kappa shape index (κ2) is 7.65. The molecular weight excluding hydrogens is 248 g/mol. The number of likely N-dealkylation sites (tertiary alicyclic amines) is 1. The Morgan fingerprint density at radius 2 is 1.75 bits per heavy atom. The maximum absolute atomic E-state index is 6.09. The molecule has 112 valence electrons. The van der Waals surface area contributed by atoms with Gasteiger partial charge in [0.25, 0.3) is 0 Å². The van der Waals surface area contributed by atoms with Crippen LogP contribution in [0.2, 0.25) is 0 Å². The van der Waals surface area contributed by atoms with E-state index in [1.165, 1.54) is 31.2 Å². The third kappa shape index (κ3) is 3.97. The topological polar surface area (TPSA) is 38.5 Å². The molecule has 0 bridgehead atoms. The lowest BCUT2D eigenvalue weighted by Gasteiger charge is -2.31. The molecule has 0 saturated carbocycles. The SMILES string of the molecule is CC(C)Oc1ccccc1C(CN)N1CCCCCC1. The van der Waals surface area contributed by atoms with Crippen LogP contribution in [0.15, 0.2) is 24.3 Å². The molecule has 1 aliphatic rings. The van der Waals surface area contributed by atoms with E-state index in [-0.39, 0.29) is 12.1 Å². The zero-order chi connectivity index (χ0) is 14.4. The van der Waals surface area contributed by atoms with Gasteiger partial charge < -0.3 is 10.5 Å². The van der Waals surface area contributed by atoms with Crippen LogP contribution in [0.25, 0.3) is 0 Å². The molecule has 1 saturated heterocycles. The number of rotatable bonds is 5. The third-order valence-electron chi connectivity index (χ3n) is 3.95. The van der Waals surface area contributed by atoms with Gasteiger partial charge in [0, 0.05) is 12.1 Å². The summed E-state index contributed by atoms with van der Waals surface area (Å²) >= 11 is 0. The van der Waals surface area contributed by atoms with Crippen molar-refractivity contribution in [1.82, 2.24) is 4.90 Å². The minimum absolute atomic E-state index is 0.193. The number of para-hydroxylation sites is 1. The van der Waals surface area contributed by atoms with Gasteiger partial charge in [-0.3, -0.25) is 4.90 Å². The predicted molar refractivity (Wildman–Crippen MR) is 84.0 cm³/mol. The Hall–Kier alpha value is -1.06. The summed E-state index contributed by atoms with van der Waals surface area (Å²) in [4.78, 5) is 2.54. The lowest BCUT2D eigenvalue weighted by atomic mass is 10.0. The first-order valence-electron chi connectivity index (χ1n) is 7.92. The first-order chi connectivity index (χ1) is 9.72. The molecule has 1 aliphatic heterocycles. The fourth-order valence-electron chi connectivity index (χ4n) is 3.00. The molecule has 0 amide bonds. The van der Waals surface area contributed by atoms with Gasteiger partial charge in [-0.1, -0.05) is 31.0 Å². The Morgan fingerprint density at radius 3 is 2.35 bits per heavy atom. The number of benzene rings is 1. The standard InChI is InChI=1S/C17H28N2O/c1-14(2)20-17-10-6-5-9-15(17)16(13-18)19-11-7-3-4-8-12-19/h5-6,9-10,14,16H,3-4,7-8,11-13,18H2,1-2H3. The summed E-state index contributed by atoms with van der Waals surface area (Å²) in [7, 11) is 0. The molecule has 0 aromatic heterocycles. The van der Waals surface area contributed by atoms with Crippen molar-refractivity contribution in [1.29, 1.82) is 0 Å². The maximum Gasteiger partial charge on any atom is 0.124 e. The van der Waals surface area contributed by atoms with Gasteiger partial charge in [-0.2, -0.15) is 0 Å². The van der Waals surface area contributed by atoms with Crippen molar-refractivity contribution in [2.75, 3.05) is 19.6 Å². The van der Waals surface area contributed by atoms with Gasteiger partial charge in [0.05, 0.1) is 12.1 Å². The van der Waals surface area contributed by atoms with E-state index in [1.54, 1.807) is 0 Å². The summed E-state index contributed by atoms with van der Waals surface area (Å²) in [5, 5.41) is 0. The fraction of sp³-hybridized carbons (Fsp3) is 0.647. The minimum Gasteiger partial charge on any atom is -0.491 e. The van der Waals surface area contributed by atoms with E-state index in [1.807, 2.05) is 6.07 Å². The van der Waals surface area contributed by atoms with Crippen molar-refractivity contribution >= 4 is 0 Å². The Kier molecular flexibility index (Phi) is 5.86. The first-order valence-corrected chi connectivity index (χ1v) is 7.92. The molecule has 1 aromatic rings. The lowest BCUT2D eigenvalue weighted by molar-refractivity contribution is 0.194. The predicted octanol–water partition coefficient (Wildman–Crippen LogP) is 3.35. The van der Waals surface area contributed by atoms with E-state index in [0.29, 0.717) is 6.54 Å². The van der Waals surface area contributed by atoms with Crippen molar-refractivity contribution < 1.29 is 4.74 Å². The van der Waals surface area contributed by atoms with Crippen LogP contribution in [0.3, 0.4) is 0 Å². The smallest absolute Gasteiger partial charge is 0.124 e. The zero-order valence-corrected chi connectivity index (χ0v) is 12.8. The highest BCUT2D eigenvalue weighted by atomic mass is 16.5. The number of hydrogen-bond donors (Lipinski definition) is 1. The summed E-state index contributed by atoms with van der Waals surface area (Å²) < 4.78 is 5.97. The molecule has 2 rings (SSSR count). The average molecular weight is 276 g/mol. The van der Waals surface area contributed by atoms with E-state index in [0.717, 1.165) is 18.8 Å². The molecule has 1 aromatic carbocycles. The minimum atomic E-state index is 0.193. The molecular formula is C17H28N2O. The van der Waals surface area contributed by atoms with Gasteiger partial charge in [0.1, 0.15) is 5.75 Å². The summed E-state index contributed by atoms with van der Waals surface area (Å²) in [5.74, 6) is 0.988. The molecule has 0 aliphatic carbocycles. The summed E-state index contributed by atoms with van der Waals surface area (Å²) in [6, 6.07) is 8.64. The number of nitrogens with zero attached hydrogens (tertiary/aromatic N) is 1. The Balaban J connectivity index is 2.21. The molecule has 1 unspecified atom stereocenters. The summed E-state index contributed by atoms with van der Waals surface area (Å²) in [6.45, 7) is 7.09. The molecule has 3 heteroatoms. The maximum atomic E-state index is 6.09. The van der Waals surface area contributed by atoms with E-state index in [9.17, 15) is 0 Å². The van der Waals surface area contributed by atoms with Crippen LogP contribution in [-0.4, -0.2) is 30.6 Å². The van der Waals surface area contributed by atoms with Gasteiger partial charge >= 0.3 is 0 Å². The van der Waals surface area contributed by atoms with Crippen molar-refractivity contribution in [3.8, 4) is 5.75 Å². The van der Waals surface area contributed by atoms with Crippen molar-refractivity contribution in [3.05, 3.63) is 29.8 Å². The Bertz CT molecular complexity index is 398.